The van der Waals surface area contributed by atoms with Gasteiger partial charge in [0.15, 0.2) is 0 Å². The third kappa shape index (κ3) is 5.06. The zero-order chi connectivity index (χ0) is 15.2. The van der Waals surface area contributed by atoms with E-state index < -0.39 is 11.9 Å². The number of imide groups is 1. The van der Waals surface area contributed by atoms with Crippen LogP contribution in [-0.2, 0) is 14.4 Å². The molecule has 3 amide bonds. The summed E-state index contributed by atoms with van der Waals surface area (Å²) >= 11 is 7.34. The average Bonchev–Trinajstić information content (AvgIpc) is 2.44. The maximum absolute atomic E-state index is 11.8. The number of nitrogens with one attached hydrogen (secondary N) is 2. The third-order valence-electron chi connectivity index (χ3n) is 2.99. The van der Waals surface area contributed by atoms with E-state index in [1.807, 2.05) is 12.1 Å². The van der Waals surface area contributed by atoms with Crippen molar-refractivity contribution in [3.63, 3.8) is 0 Å². The molecule has 5 nitrogen and oxygen atoms in total. The summed E-state index contributed by atoms with van der Waals surface area (Å²) in [7, 11) is 0. The van der Waals surface area contributed by atoms with Gasteiger partial charge in [0.05, 0.1) is 0 Å². The second-order valence-corrected chi connectivity index (χ2v) is 6.23. The number of thioether (sulfide) groups is 1. The molecule has 112 valence electrons. The van der Waals surface area contributed by atoms with Gasteiger partial charge in [-0.3, -0.25) is 19.7 Å². The summed E-state index contributed by atoms with van der Waals surface area (Å²) in [5.74, 6) is -0.291. The molecule has 0 saturated carbocycles. The van der Waals surface area contributed by atoms with E-state index in [1.54, 1.807) is 23.9 Å². The van der Waals surface area contributed by atoms with Crippen molar-refractivity contribution < 1.29 is 14.4 Å². The van der Waals surface area contributed by atoms with Gasteiger partial charge in [0, 0.05) is 28.5 Å². The number of halogens is 1. The van der Waals surface area contributed by atoms with E-state index in [-0.39, 0.29) is 18.2 Å². The van der Waals surface area contributed by atoms with E-state index in [4.69, 9.17) is 11.6 Å². The fraction of sp³-hybridized carbons (Fsp3) is 0.357. The number of amides is 3. The lowest BCUT2D eigenvalue weighted by atomic mass is 10.1. The first kappa shape index (κ1) is 15.9. The van der Waals surface area contributed by atoms with Crippen molar-refractivity contribution in [3.05, 3.63) is 29.3 Å². The van der Waals surface area contributed by atoms with Crippen LogP contribution >= 0.6 is 23.4 Å². The molecule has 1 atom stereocenters. The maximum Gasteiger partial charge on any atom is 0.249 e. The first-order chi connectivity index (χ1) is 10.0. The van der Waals surface area contributed by atoms with E-state index in [0.717, 1.165) is 4.90 Å². The molecule has 0 radical (unpaired) electrons. The van der Waals surface area contributed by atoms with Crippen molar-refractivity contribution in [1.29, 1.82) is 0 Å². The van der Waals surface area contributed by atoms with Crippen LogP contribution in [0.25, 0.3) is 0 Å². The van der Waals surface area contributed by atoms with Crippen LogP contribution in [0.15, 0.2) is 29.2 Å². The van der Waals surface area contributed by atoms with E-state index in [9.17, 15) is 14.4 Å². The quantitative estimate of drug-likeness (QED) is 0.638. The maximum atomic E-state index is 11.8. The Bertz CT molecular complexity index is 548. The Morgan fingerprint density at radius 2 is 2.05 bits per heavy atom. The molecule has 1 aromatic carbocycles. The van der Waals surface area contributed by atoms with E-state index in [1.165, 1.54) is 0 Å². The minimum absolute atomic E-state index is 0.189. The zero-order valence-electron chi connectivity index (χ0n) is 11.2. The fourth-order valence-electron chi connectivity index (χ4n) is 1.89. The minimum atomic E-state index is -0.601. The number of carbonyl (C=O) groups excluding carboxylic acids is 3. The molecule has 0 spiro atoms. The van der Waals surface area contributed by atoms with E-state index >= 15 is 0 Å². The van der Waals surface area contributed by atoms with Crippen molar-refractivity contribution in [2.75, 3.05) is 5.75 Å². The molecule has 2 rings (SSSR count). The molecule has 1 fully saturated rings. The number of piperidine rings is 1. The molecule has 7 heteroatoms. The van der Waals surface area contributed by atoms with Gasteiger partial charge in [-0.1, -0.05) is 11.6 Å². The Labute approximate surface area is 131 Å². The van der Waals surface area contributed by atoms with Crippen LogP contribution in [0.4, 0.5) is 0 Å². The first-order valence-corrected chi connectivity index (χ1v) is 7.92. The predicted molar refractivity (Wildman–Crippen MR) is 81.1 cm³/mol. The minimum Gasteiger partial charge on any atom is -0.344 e. The normalized spacial score (nSPS) is 18.2. The highest BCUT2D eigenvalue weighted by atomic mass is 35.5. The third-order valence-corrected chi connectivity index (χ3v) is 4.25. The summed E-state index contributed by atoms with van der Waals surface area (Å²) in [4.78, 5) is 35.3. The van der Waals surface area contributed by atoms with E-state index in [0.29, 0.717) is 23.6 Å². The van der Waals surface area contributed by atoms with Crippen molar-refractivity contribution in [3.8, 4) is 0 Å². The van der Waals surface area contributed by atoms with Crippen molar-refractivity contribution in [1.82, 2.24) is 10.6 Å². The standard InChI is InChI=1S/C14H15ClN2O3S/c15-9-1-3-10(4-2-9)21-8-7-13(19)16-11-5-6-12(18)17-14(11)20/h1-4,11H,5-8H2,(H,16,19)(H,17,18,20). The van der Waals surface area contributed by atoms with Crippen LogP contribution in [-0.4, -0.2) is 29.5 Å². The van der Waals surface area contributed by atoms with Crippen LogP contribution in [0.3, 0.4) is 0 Å². The molecule has 1 aromatic rings. The van der Waals surface area contributed by atoms with E-state index in [2.05, 4.69) is 10.6 Å². The van der Waals surface area contributed by atoms with Crippen LogP contribution in [0, 0.1) is 0 Å². The molecule has 1 unspecified atom stereocenters. The molecular weight excluding hydrogens is 312 g/mol. The van der Waals surface area contributed by atoms with Gasteiger partial charge >= 0.3 is 0 Å². The monoisotopic (exact) mass is 326 g/mol. The van der Waals surface area contributed by atoms with Gasteiger partial charge in [0.25, 0.3) is 0 Å². The van der Waals surface area contributed by atoms with Gasteiger partial charge in [-0.2, -0.15) is 0 Å². The molecule has 2 N–H and O–H groups in total. The molecule has 1 aliphatic heterocycles. The summed E-state index contributed by atoms with van der Waals surface area (Å²) in [6.45, 7) is 0. The second kappa shape index (κ2) is 7.47. The Morgan fingerprint density at radius 3 is 2.71 bits per heavy atom. The SMILES string of the molecule is O=C1CCC(NC(=O)CCSc2ccc(Cl)cc2)C(=O)N1. The van der Waals surface area contributed by atoms with Crippen molar-refractivity contribution >= 4 is 41.1 Å². The van der Waals surface area contributed by atoms with Gasteiger partial charge in [-0.25, -0.2) is 0 Å². The van der Waals surface area contributed by atoms with Crippen LogP contribution < -0.4 is 10.6 Å². The lowest BCUT2D eigenvalue weighted by Crippen LogP contribution is -2.52. The lowest BCUT2D eigenvalue weighted by Gasteiger charge is -2.21. The number of hydrogen-bond donors (Lipinski definition) is 2. The predicted octanol–water partition coefficient (Wildman–Crippen LogP) is 1.74. The van der Waals surface area contributed by atoms with Crippen LogP contribution in [0.5, 0.6) is 0 Å². The molecule has 1 aliphatic rings. The Kier molecular flexibility index (Phi) is 5.64. The lowest BCUT2D eigenvalue weighted by molar-refractivity contribution is -0.137. The highest BCUT2D eigenvalue weighted by Gasteiger charge is 2.27. The van der Waals surface area contributed by atoms with Gasteiger partial charge in [-0.15, -0.1) is 11.8 Å². The number of rotatable bonds is 5. The summed E-state index contributed by atoms with van der Waals surface area (Å²) < 4.78 is 0. The zero-order valence-corrected chi connectivity index (χ0v) is 12.8. The highest BCUT2D eigenvalue weighted by molar-refractivity contribution is 7.99. The second-order valence-electron chi connectivity index (χ2n) is 4.62. The summed E-state index contributed by atoms with van der Waals surface area (Å²) in [6, 6.07) is 6.78. The molecule has 1 heterocycles. The highest BCUT2D eigenvalue weighted by Crippen LogP contribution is 2.20. The van der Waals surface area contributed by atoms with Crippen LogP contribution in [0.2, 0.25) is 5.02 Å². The molecule has 0 aromatic heterocycles. The average molecular weight is 327 g/mol. The molecule has 21 heavy (non-hydrogen) atoms. The molecular formula is C14H15ClN2O3S. The topological polar surface area (TPSA) is 75.3 Å². The Hall–Kier alpha value is -1.53. The summed E-state index contributed by atoms with van der Waals surface area (Å²) in [5, 5.41) is 5.53. The Balaban J connectivity index is 1.71. The molecule has 0 bridgehead atoms. The Morgan fingerprint density at radius 1 is 1.33 bits per heavy atom. The van der Waals surface area contributed by atoms with Gasteiger partial charge in [0.1, 0.15) is 6.04 Å². The van der Waals surface area contributed by atoms with Crippen molar-refractivity contribution in [2.45, 2.75) is 30.2 Å². The summed E-state index contributed by atoms with van der Waals surface area (Å²) in [5.41, 5.74) is 0. The molecule has 0 aliphatic carbocycles. The smallest absolute Gasteiger partial charge is 0.249 e. The van der Waals surface area contributed by atoms with Crippen LogP contribution in [0.1, 0.15) is 19.3 Å². The first-order valence-electron chi connectivity index (χ1n) is 6.56. The fourth-order valence-corrected chi connectivity index (χ4v) is 2.87. The van der Waals surface area contributed by atoms with Crippen molar-refractivity contribution in [2.24, 2.45) is 0 Å². The van der Waals surface area contributed by atoms with Gasteiger partial charge in [-0.05, 0) is 30.7 Å². The number of benzene rings is 1. The number of carbonyl (C=O) groups is 3. The van der Waals surface area contributed by atoms with Gasteiger partial charge in [0.2, 0.25) is 17.7 Å². The molecule has 1 saturated heterocycles. The van der Waals surface area contributed by atoms with Gasteiger partial charge < -0.3 is 5.32 Å². The number of hydrogen-bond acceptors (Lipinski definition) is 4. The largest absolute Gasteiger partial charge is 0.344 e. The summed E-state index contributed by atoms with van der Waals surface area (Å²) in [6.07, 6.45) is 0.933.